The van der Waals surface area contributed by atoms with Gasteiger partial charge in [-0.25, -0.2) is 9.89 Å². The molecule has 0 atom stereocenters. The average molecular weight is 390 g/mol. The summed E-state index contributed by atoms with van der Waals surface area (Å²) in [6.07, 6.45) is 1.58. The van der Waals surface area contributed by atoms with Crippen molar-refractivity contribution in [1.82, 2.24) is 25.1 Å². The number of carboxylic acid groups (broad SMARTS) is 1. The number of carbonyl (C=O) groups is 1. The number of aromatic amines is 2. The fourth-order valence-corrected chi connectivity index (χ4v) is 2.78. The Labute approximate surface area is 164 Å². The number of benzene rings is 2. The third-order valence-corrected chi connectivity index (χ3v) is 4.28. The summed E-state index contributed by atoms with van der Waals surface area (Å²) in [6.45, 7) is 0. The Morgan fingerprint density at radius 1 is 1.07 bits per heavy atom. The Morgan fingerprint density at radius 3 is 2.54 bits per heavy atom. The summed E-state index contributed by atoms with van der Waals surface area (Å²) < 4.78 is 1.80. The third-order valence-electron chi connectivity index (χ3n) is 4.02. The van der Waals surface area contributed by atoms with E-state index in [0.717, 1.165) is 16.8 Å². The van der Waals surface area contributed by atoms with Crippen molar-refractivity contribution in [2.24, 2.45) is 5.10 Å². The van der Waals surface area contributed by atoms with Crippen LogP contribution < -0.4 is 0 Å². The van der Waals surface area contributed by atoms with Gasteiger partial charge < -0.3 is 5.11 Å². The molecule has 0 aliphatic rings. The lowest BCUT2D eigenvalue weighted by molar-refractivity contribution is 0.0697. The minimum atomic E-state index is -0.976. The zero-order chi connectivity index (χ0) is 19.5. The molecule has 3 N–H and O–H groups in total. The summed E-state index contributed by atoms with van der Waals surface area (Å²) in [4.78, 5) is 10.9. The van der Waals surface area contributed by atoms with Crippen LogP contribution in [0.2, 0.25) is 0 Å². The normalized spacial score (nSPS) is 11.1. The number of H-pyrrole nitrogens is 2. The average Bonchev–Trinajstić information content (AvgIpc) is 3.34. The van der Waals surface area contributed by atoms with Crippen LogP contribution in [0, 0.1) is 4.77 Å². The van der Waals surface area contributed by atoms with Crippen molar-refractivity contribution in [2.75, 3.05) is 0 Å². The van der Waals surface area contributed by atoms with Crippen LogP contribution in [0.25, 0.3) is 22.8 Å². The van der Waals surface area contributed by atoms with Crippen molar-refractivity contribution in [3.8, 4) is 22.8 Å². The molecule has 0 saturated carbocycles. The number of aromatic carboxylic acids is 1. The Bertz CT molecular complexity index is 1210. The second kappa shape index (κ2) is 7.41. The molecule has 4 aromatic rings. The van der Waals surface area contributed by atoms with Crippen LogP contribution in [-0.2, 0) is 0 Å². The maximum absolute atomic E-state index is 10.9. The van der Waals surface area contributed by atoms with E-state index in [-0.39, 0.29) is 5.56 Å². The van der Waals surface area contributed by atoms with Gasteiger partial charge in [0.1, 0.15) is 5.69 Å². The Hall–Kier alpha value is -3.85. The first-order chi connectivity index (χ1) is 13.6. The van der Waals surface area contributed by atoms with E-state index >= 15 is 0 Å². The first-order valence-corrected chi connectivity index (χ1v) is 8.69. The summed E-state index contributed by atoms with van der Waals surface area (Å²) in [6, 6.07) is 18.0. The van der Waals surface area contributed by atoms with Crippen LogP contribution in [0.1, 0.15) is 15.9 Å². The van der Waals surface area contributed by atoms with Crippen molar-refractivity contribution in [2.45, 2.75) is 0 Å². The molecule has 138 valence electrons. The molecule has 9 heteroatoms. The lowest BCUT2D eigenvalue weighted by Gasteiger charge is -1.98. The van der Waals surface area contributed by atoms with Gasteiger partial charge in [0.05, 0.1) is 17.5 Å². The largest absolute Gasteiger partial charge is 0.478 e. The summed E-state index contributed by atoms with van der Waals surface area (Å²) in [5.74, 6) is -0.491. The number of hydrogen-bond donors (Lipinski definition) is 3. The molecular formula is C19H14N6O2S. The molecular weight excluding hydrogens is 376 g/mol. The summed E-state index contributed by atoms with van der Waals surface area (Å²) in [5.41, 5.74) is 3.36. The van der Waals surface area contributed by atoms with Crippen LogP contribution in [0.5, 0.6) is 0 Å². The molecule has 0 fully saturated rings. The smallest absolute Gasteiger partial charge is 0.335 e. The van der Waals surface area contributed by atoms with E-state index in [0.29, 0.717) is 16.3 Å². The molecule has 0 aliphatic carbocycles. The Morgan fingerprint density at radius 2 is 1.82 bits per heavy atom. The predicted octanol–water partition coefficient (Wildman–Crippen LogP) is 3.58. The topological polar surface area (TPSA) is 112 Å². The van der Waals surface area contributed by atoms with E-state index in [2.05, 4.69) is 25.5 Å². The van der Waals surface area contributed by atoms with Crippen molar-refractivity contribution >= 4 is 24.4 Å². The van der Waals surface area contributed by atoms with Gasteiger partial charge in [-0.3, -0.25) is 5.10 Å². The lowest BCUT2D eigenvalue weighted by Crippen LogP contribution is -1.97. The highest BCUT2D eigenvalue weighted by atomic mass is 32.1. The summed E-state index contributed by atoms with van der Waals surface area (Å²) in [7, 11) is 0. The van der Waals surface area contributed by atoms with E-state index in [4.69, 9.17) is 17.3 Å². The van der Waals surface area contributed by atoms with Gasteiger partial charge in [0.25, 0.3) is 0 Å². The second-order valence-corrected chi connectivity index (χ2v) is 6.26. The van der Waals surface area contributed by atoms with Crippen LogP contribution in [-0.4, -0.2) is 42.4 Å². The molecule has 8 nitrogen and oxygen atoms in total. The molecule has 0 aliphatic heterocycles. The van der Waals surface area contributed by atoms with Gasteiger partial charge in [0.15, 0.2) is 0 Å². The minimum Gasteiger partial charge on any atom is -0.478 e. The fraction of sp³-hybridized carbons (Fsp3) is 0. The molecule has 2 heterocycles. The van der Waals surface area contributed by atoms with Gasteiger partial charge in [-0.2, -0.15) is 20.0 Å². The second-order valence-electron chi connectivity index (χ2n) is 5.87. The highest BCUT2D eigenvalue weighted by Gasteiger charge is 2.12. The summed E-state index contributed by atoms with van der Waals surface area (Å²) >= 11 is 5.26. The van der Waals surface area contributed by atoms with Crippen LogP contribution in [0.15, 0.2) is 65.8 Å². The van der Waals surface area contributed by atoms with E-state index in [1.807, 2.05) is 36.4 Å². The zero-order valence-electron chi connectivity index (χ0n) is 14.4. The quantitative estimate of drug-likeness (QED) is 0.356. The van der Waals surface area contributed by atoms with Crippen LogP contribution in [0.4, 0.5) is 0 Å². The Kier molecular flexibility index (Phi) is 4.65. The molecule has 4 rings (SSSR count). The lowest BCUT2D eigenvalue weighted by atomic mass is 10.1. The van der Waals surface area contributed by atoms with E-state index < -0.39 is 5.97 Å². The molecule has 0 bridgehead atoms. The molecule has 0 unspecified atom stereocenters. The van der Waals surface area contributed by atoms with Crippen LogP contribution in [0.3, 0.4) is 0 Å². The number of nitrogens with zero attached hydrogens (tertiary/aromatic N) is 4. The SMILES string of the molecule is O=C(O)c1ccc(/C=N\n2c(-c3cc(-c4ccccc4)n[nH]3)n[nH]c2=S)cc1. The molecule has 0 saturated heterocycles. The van der Waals surface area contributed by atoms with Gasteiger partial charge in [0, 0.05) is 5.56 Å². The number of nitrogens with one attached hydrogen (secondary N) is 2. The Balaban J connectivity index is 1.64. The number of hydrogen-bond acceptors (Lipinski definition) is 5. The number of rotatable bonds is 5. The van der Waals surface area contributed by atoms with Crippen molar-refractivity contribution in [3.05, 3.63) is 76.6 Å². The monoisotopic (exact) mass is 390 g/mol. The molecule has 28 heavy (non-hydrogen) atoms. The molecule has 2 aromatic heterocycles. The van der Waals surface area contributed by atoms with Gasteiger partial charge in [-0.1, -0.05) is 42.5 Å². The first-order valence-electron chi connectivity index (χ1n) is 8.28. The van der Waals surface area contributed by atoms with Gasteiger partial charge >= 0.3 is 5.97 Å². The van der Waals surface area contributed by atoms with Gasteiger partial charge in [0.2, 0.25) is 10.6 Å². The van der Waals surface area contributed by atoms with Crippen molar-refractivity contribution in [3.63, 3.8) is 0 Å². The van der Waals surface area contributed by atoms with Gasteiger partial charge in [-0.15, -0.1) is 0 Å². The number of aromatic nitrogens is 5. The molecule has 0 amide bonds. The minimum absolute atomic E-state index is 0.212. The van der Waals surface area contributed by atoms with Crippen molar-refractivity contribution in [1.29, 1.82) is 0 Å². The van der Waals surface area contributed by atoms with Crippen LogP contribution >= 0.6 is 12.2 Å². The number of carboxylic acids is 1. The van der Waals surface area contributed by atoms with Crippen molar-refractivity contribution < 1.29 is 9.90 Å². The van der Waals surface area contributed by atoms with E-state index in [1.54, 1.807) is 18.3 Å². The third kappa shape index (κ3) is 3.51. The summed E-state index contributed by atoms with van der Waals surface area (Å²) in [5, 5.41) is 27.6. The maximum atomic E-state index is 10.9. The van der Waals surface area contributed by atoms with E-state index in [1.165, 1.54) is 16.8 Å². The first kappa shape index (κ1) is 17.6. The standard InChI is InChI=1S/C19H14N6O2S/c26-18(27)14-8-6-12(7-9-14)11-20-25-17(23-24-19(25)28)16-10-15(21-22-16)13-4-2-1-3-5-13/h1-11H,(H,21,22)(H,24,28)(H,26,27)/b20-11-. The highest BCUT2D eigenvalue weighted by molar-refractivity contribution is 7.71. The molecule has 0 radical (unpaired) electrons. The zero-order valence-corrected chi connectivity index (χ0v) is 15.2. The van der Waals surface area contributed by atoms with E-state index in [9.17, 15) is 4.79 Å². The molecule has 0 spiro atoms. The molecule has 2 aromatic carbocycles. The fourth-order valence-electron chi connectivity index (χ4n) is 2.60. The highest BCUT2D eigenvalue weighted by Crippen LogP contribution is 2.22. The van der Waals surface area contributed by atoms with Gasteiger partial charge in [-0.05, 0) is 36.0 Å². The predicted molar refractivity (Wildman–Crippen MR) is 107 cm³/mol. The maximum Gasteiger partial charge on any atom is 0.335 e.